The van der Waals surface area contributed by atoms with Crippen molar-refractivity contribution in [2.45, 2.75) is 77.8 Å². The van der Waals surface area contributed by atoms with Gasteiger partial charge in [0.2, 0.25) is 11.8 Å². The van der Waals surface area contributed by atoms with E-state index in [1.54, 1.807) is 0 Å². The van der Waals surface area contributed by atoms with E-state index < -0.39 is 0 Å². The van der Waals surface area contributed by atoms with Crippen molar-refractivity contribution in [2.24, 2.45) is 5.92 Å². The number of likely N-dealkylation sites (tertiary alicyclic amines) is 2. The van der Waals surface area contributed by atoms with E-state index >= 15 is 0 Å². The molecule has 27 heavy (non-hydrogen) atoms. The standard InChI is InChI=1S/C21H39N3O3/c1-4-19-9-6-7-13-24(19)21(26)17(3)23-14-10-18(11-15-23)20(25)22-12-8-16-27-5-2/h17-19H,4-16H2,1-3H3,(H,22,25). The minimum atomic E-state index is -0.0765. The van der Waals surface area contributed by atoms with Gasteiger partial charge in [0.25, 0.3) is 0 Å². The van der Waals surface area contributed by atoms with Gasteiger partial charge in [-0.1, -0.05) is 6.92 Å². The van der Waals surface area contributed by atoms with Gasteiger partial charge in [0, 0.05) is 38.3 Å². The van der Waals surface area contributed by atoms with Gasteiger partial charge in [0.05, 0.1) is 6.04 Å². The highest BCUT2D eigenvalue weighted by Gasteiger charge is 2.34. The number of amides is 2. The predicted molar refractivity (Wildman–Crippen MR) is 108 cm³/mol. The first-order chi connectivity index (χ1) is 13.1. The summed E-state index contributed by atoms with van der Waals surface area (Å²) in [6, 6.07) is 0.334. The average molecular weight is 382 g/mol. The number of ether oxygens (including phenoxy) is 1. The zero-order chi connectivity index (χ0) is 19.6. The van der Waals surface area contributed by atoms with Crippen molar-refractivity contribution in [3.63, 3.8) is 0 Å². The summed E-state index contributed by atoms with van der Waals surface area (Å²) in [6.07, 6.45) is 7.09. The maximum Gasteiger partial charge on any atom is 0.239 e. The molecule has 6 heteroatoms. The summed E-state index contributed by atoms with van der Waals surface area (Å²) in [7, 11) is 0. The lowest BCUT2D eigenvalue weighted by Gasteiger charge is -2.41. The number of carbonyl (C=O) groups is 2. The molecule has 0 aromatic heterocycles. The van der Waals surface area contributed by atoms with E-state index in [1.807, 2.05) is 13.8 Å². The predicted octanol–water partition coefficient (Wildman–Crippen LogP) is 2.42. The zero-order valence-corrected chi connectivity index (χ0v) is 17.5. The Kier molecular flexibility index (Phi) is 9.56. The number of rotatable bonds is 9. The summed E-state index contributed by atoms with van der Waals surface area (Å²) < 4.78 is 5.30. The lowest BCUT2D eigenvalue weighted by atomic mass is 9.94. The Labute approximate surface area is 165 Å². The van der Waals surface area contributed by atoms with Crippen LogP contribution >= 0.6 is 0 Å². The second-order valence-electron chi connectivity index (χ2n) is 7.92. The molecule has 2 atom stereocenters. The molecular formula is C21H39N3O3. The van der Waals surface area contributed by atoms with Crippen LogP contribution in [-0.2, 0) is 14.3 Å². The number of nitrogens with one attached hydrogen (secondary N) is 1. The fourth-order valence-electron chi connectivity index (χ4n) is 4.33. The van der Waals surface area contributed by atoms with Crippen LogP contribution in [0, 0.1) is 5.92 Å². The first-order valence-corrected chi connectivity index (χ1v) is 11.0. The summed E-state index contributed by atoms with van der Waals surface area (Å²) in [6.45, 7) is 10.9. The third-order valence-corrected chi connectivity index (χ3v) is 6.16. The molecule has 0 aromatic carbocycles. The molecule has 0 aromatic rings. The molecule has 2 heterocycles. The van der Waals surface area contributed by atoms with Crippen LogP contribution in [0.25, 0.3) is 0 Å². The van der Waals surface area contributed by atoms with Crippen molar-refractivity contribution >= 4 is 11.8 Å². The molecule has 2 amide bonds. The molecule has 0 bridgehead atoms. The number of nitrogens with zero attached hydrogens (tertiary/aromatic N) is 2. The average Bonchev–Trinajstić information content (AvgIpc) is 2.72. The van der Waals surface area contributed by atoms with Gasteiger partial charge in [0.1, 0.15) is 0 Å². The third kappa shape index (κ3) is 6.46. The Balaban J connectivity index is 1.74. The molecule has 6 nitrogen and oxygen atoms in total. The van der Waals surface area contributed by atoms with E-state index in [0.29, 0.717) is 19.2 Å². The first kappa shape index (κ1) is 22.2. The minimum Gasteiger partial charge on any atom is -0.382 e. The quantitative estimate of drug-likeness (QED) is 0.623. The number of carbonyl (C=O) groups excluding carboxylic acids is 2. The Morgan fingerprint density at radius 1 is 1.11 bits per heavy atom. The van der Waals surface area contributed by atoms with Gasteiger partial charge in [-0.05, 0) is 71.9 Å². The van der Waals surface area contributed by atoms with Crippen molar-refractivity contribution in [2.75, 3.05) is 39.4 Å². The second kappa shape index (κ2) is 11.6. The third-order valence-electron chi connectivity index (χ3n) is 6.16. The molecule has 156 valence electrons. The zero-order valence-electron chi connectivity index (χ0n) is 17.5. The summed E-state index contributed by atoms with van der Waals surface area (Å²) >= 11 is 0. The molecule has 2 saturated heterocycles. The topological polar surface area (TPSA) is 61.9 Å². The maximum atomic E-state index is 13.0. The smallest absolute Gasteiger partial charge is 0.239 e. The lowest BCUT2D eigenvalue weighted by Crippen LogP contribution is -2.54. The van der Waals surface area contributed by atoms with Crippen molar-refractivity contribution < 1.29 is 14.3 Å². The van der Waals surface area contributed by atoms with Crippen LogP contribution in [0.2, 0.25) is 0 Å². The van der Waals surface area contributed by atoms with Crippen LogP contribution in [0.15, 0.2) is 0 Å². The highest BCUT2D eigenvalue weighted by Crippen LogP contribution is 2.24. The Morgan fingerprint density at radius 2 is 1.85 bits per heavy atom. The van der Waals surface area contributed by atoms with Crippen LogP contribution in [0.5, 0.6) is 0 Å². The number of piperidine rings is 2. The number of hydrogen-bond acceptors (Lipinski definition) is 4. The fraction of sp³-hybridized carbons (Fsp3) is 0.905. The van der Waals surface area contributed by atoms with Gasteiger partial charge >= 0.3 is 0 Å². The van der Waals surface area contributed by atoms with Crippen LogP contribution in [0.3, 0.4) is 0 Å². The maximum absolute atomic E-state index is 13.0. The van der Waals surface area contributed by atoms with E-state index in [0.717, 1.165) is 64.8 Å². The SMILES string of the molecule is CCOCCCNC(=O)C1CCN(C(C)C(=O)N2CCCCC2CC)CC1. The Bertz CT molecular complexity index is 464. The van der Waals surface area contributed by atoms with Crippen molar-refractivity contribution in [1.82, 2.24) is 15.1 Å². The lowest BCUT2D eigenvalue weighted by molar-refractivity contribution is -0.141. The highest BCUT2D eigenvalue weighted by molar-refractivity contribution is 5.82. The second-order valence-corrected chi connectivity index (χ2v) is 7.92. The van der Waals surface area contributed by atoms with E-state index in [-0.39, 0.29) is 23.8 Å². The molecular weight excluding hydrogens is 342 g/mol. The number of hydrogen-bond donors (Lipinski definition) is 1. The van der Waals surface area contributed by atoms with Crippen molar-refractivity contribution in [1.29, 1.82) is 0 Å². The van der Waals surface area contributed by atoms with Crippen LogP contribution in [0.4, 0.5) is 0 Å². The molecule has 0 radical (unpaired) electrons. The Hall–Kier alpha value is -1.14. The van der Waals surface area contributed by atoms with Crippen LogP contribution < -0.4 is 5.32 Å². The summed E-state index contributed by atoms with van der Waals surface area (Å²) in [5.74, 6) is 0.515. The summed E-state index contributed by atoms with van der Waals surface area (Å²) in [4.78, 5) is 29.7. The van der Waals surface area contributed by atoms with Gasteiger partial charge in [-0.3, -0.25) is 14.5 Å². The molecule has 0 saturated carbocycles. The van der Waals surface area contributed by atoms with Gasteiger partial charge in [0.15, 0.2) is 0 Å². The molecule has 2 aliphatic rings. The van der Waals surface area contributed by atoms with Crippen molar-refractivity contribution in [3.8, 4) is 0 Å². The van der Waals surface area contributed by atoms with Crippen molar-refractivity contribution in [3.05, 3.63) is 0 Å². The van der Waals surface area contributed by atoms with E-state index in [2.05, 4.69) is 22.0 Å². The van der Waals surface area contributed by atoms with Gasteiger partial charge in [-0.15, -0.1) is 0 Å². The monoisotopic (exact) mass is 381 g/mol. The first-order valence-electron chi connectivity index (χ1n) is 11.0. The molecule has 2 rings (SSSR count). The minimum absolute atomic E-state index is 0.0765. The van der Waals surface area contributed by atoms with Gasteiger partial charge in [-0.25, -0.2) is 0 Å². The highest BCUT2D eigenvalue weighted by atomic mass is 16.5. The molecule has 0 aliphatic carbocycles. The Morgan fingerprint density at radius 3 is 2.52 bits per heavy atom. The van der Waals surface area contributed by atoms with Gasteiger partial charge < -0.3 is 15.0 Å². The van der Waals surface area contributed by atoms with Gasteiger partial charge in [-0.2, -0.15) is 0 Å². The normalized spacial score (nSPS) is 23.2. The van der Waals surface area contributed by atoms with Crippen LogP contribution in [-0.4, -0.2) is 73.1 Å². The van der Waals surface area contributed by atoms with Crippen LogP contribution in [0.1, 0.15) is 65.7 Å². The molecule has 2 unspecified atom stereocenters. The molecule has 2 fully saturated rings. The van der Waals surface area contributed by atoms with E-state index in [1.165, 1.54) is 6.42 Å². The molecule has 1 N–H and O–H groups in total. The largest absolute Gasteiger partial charge is 0.382 e. The molecule has 2 aliphatic heterocycles. The summed E-state index contributed by atoms with van der Waals surface area (Å²) in [5, 5.41) is 3.03. The van der Waals surface area contributed by atoms with E-state index in [4.69, 9.17) is 4.74 Å². The van der Waals surface area contributed by atoms with E-state index in [9.17, 15) is 9.59 Å². The summed E-state index contributed by atoms with van der Waals surface area (Å²) in [5.41, 5.74) is 0. The fourth-order valence-corrected chi connectivity index (χ4v) is 4.33. The molecule has 0 spiro atoms.